The van der Waals surface area contributed by atoms with E-state index in [1.54, 1.807) is 13.8 Å². The number of hydrogen-bond donors (Lipinski definition) is 2. The van der Waals surface area contributed by atoms with Crippen LogP contribution in [0.3, 0.4) is 0 Å². The third kappa shape index (κ3) is 3.58. The lowest BCUT2D eigenvalue weighted by Crippen LogP contribution is -2.30. The van der Waals surface area contributed by atoms with Crippen molar-refractivity contribution in [1.29, 1.82) is 0 Å². The largest absolute Gasteiger partial charge is 0.350 e. The topological polar surface area (TPSA) is 89.3 Å². The molecule has 0 saturated carbocycles. The molecule has 1 amide bonds. The molecule has 0 aliphatic rings. The monoisotopic (exact) mass is 310 g/mol. The van der Waals surface area contributed by atoms with Crippen LogP contribution in [0.15, 0.2) is 17.0 Å². The Morgan fingerprint density at radius 3 is 2.33 bits per heavy atom. The molecule has 8 heteroatoms. The van der Waals surface area contributed by atoms with Crippen molar-refractivity contribution in [3.05, 3.63) is 27.7 Å². The molecule has 0 heterocycles. The van der Waals surface area contributed by atoms with E-state index in [-0.39, 0.29) is 26.5 Å². The van der Waals surface area contributed by atoms with Gasteiger partial charge in [0.1, 0.15) is 4.90 Å². The van der Waals surface area contributed by atoms with E-state index in [9.17, 15) is 13.2 Å². The van der Waals surface area contributed by atoms with E-state index in [4.69, 9.17) is 28.3 Å². The van der Waals surface area contributed by atoms with Gasteiger partial charge in [0.25, 0.3) is 5.91 Å². The Morgan fingerprint density at radius 2 is 1.89 bits per heavy atom. The first-order chi connectivity index (χ1) is 8.12. The first-order valence-electron chi connectivity index (χ1n) is 4.95. The number of hydrogen-bond acceptors (Lipinski definition) is 3. The van der Waals surface area contributed by atoms with Gasteiger partial charge in [-0.25, -0.2) is 13.6 Å². The van der Waals surface area contributed by atoms with Gasteiger partial charge < -0.3 is 5.32 Å². The Bertz CT molecular complexity index is 585. The zero-order valence-corrected chi connectivity index (χ0v) is 12.0. The maximum atomic E-state index is 11.8. The van der Waals surface area contributed by atoms with Gasteiger partial charge in [-0.05, 0) is 26.0 Å². The normalized spacial score (nSPS) is 11.7. The van der Waals surface area contributed by atoms with Crippen LogP contribution in [-0.2, 0) is 10.0 Å². The third-order valence-corrected chi connectivity index (χ3v) is 3.65. The molecule has 0 atom stereocenters. The van der Waals surface area contributed by atoms with Crippen LogP contribution in [0.1, 0.15) is 24.2 Å². The minimum Gasteiger partial charge on any atom is -0.350 e. The molecule has 18 heavy (non-hydrogen) atoms. The molecule has 0 aromatic heterocycles. The van der Waals surface area contributed by atoms with E-state index < -0.39 is 15.9 Å². The van der Waals surface area contributed by atoms with Crippen molar-refractivity contribution >= 4 is 39.1 Å². The van der Waals surface area contributed by atoms with Gasteiger partial charge in [0.2, 0.25) is 10.0 Å². The summed E-state index contributed by atoms with van der Waals surface area (Å²) in [6.07, 6.45) is 0. The predicted molar refractivity (Wildman–Crippen MR) is 70.4 cm³/mol. The number of benzene rings is 1. The molecule has 0 bridgehead atoms. The van der Waals surface area contributed by atoms with E-state index in [1.807, 2.05) is 0 Å². The minimum atomic E-state index is -4.04. The summed E-state index contributed by atoms with van der Waals surface area (Å²) in [5.41, 5.74) is -0.0260. The molecule has 3 N–H and O–H groups in total. The van der Waals surface area contributed by atoms with Crippen molar-refractivity contribution in [2.45, 2.75) is 24.8 Å². The molecule has 100 valence electrons. The van der Waals surface area contributed by atoms with Crippen LogP contribution >= 0.6 is 23.2 Å². The number of halogens is 2. The number of primary sulfonamides is 1. The van der Waals surface area contributed by atoms with Crippen molar-refractivity contribution in [1.82, 2.24) is 5.32 Å². The summed E-state index contributed by atoms with van der Waals surface area (Å²) in [6.45, 7) is 3.52. The van der Waals surface area contributed by atoms with Crippen LogP contribution in [0.25, 0.3) is 0 Å². The number of carbonyl (C=O) groups excluding carboxylic acids is 1. The van der Waals surface area contributed by atoms with Gasteiger partial charge in [-0.3, -0.25) is 4.79 Å². The Morgan fingerprint density at radius 1 is 1.33 bits per heavy atom. The number of carbonyl (C=O) groups is 1. The van der Waals surface area contributed by atoms with Crippen molar-refractivity contribution < 1.29 is 13.2 Å². The minimum absolute atomic E-state index is 0.0260. The summed E-state index contributed by atoms with van der Waals surface area (Å²) in [7, 11) is -4.04. The van der Waals surface area contributed by atoms with Gasteiger partial charge >= 0.3 is 0 Å². The molecule has 0 radical (unpaired) electrons. The number of rotatable bonds is 3. The molecule has 0 aliphatic heterocycles. The molecule has 0 fully saturated rings. The summed E-state index contributed by atoms with van der Waals surface area (Å²) < 4.78 is 22.6. The predicted octanol–water partition coefficient (Wildman–Crippen LogP) is 1.78. The van der Waals surface area contributed by atoms with Gasteiger partial charge in [-0.2, -0.15) is 0 Å². The smallest absolute Gasteiger partial charge is 0.253 e. The summed E-state index contributed by atoms with van der Waals surface area (Å²) >= 11 is 11.6. The second-order valence-electron chi connectivity index (χ2n) is 3.94. The van der Waals surface area contributed by atoms with Crippen molar-refractivity contribution in [2.24, 2.45) is 5.14 Å². The Labute approximate surface area is 115 Å². The molecule has 0 unspecified atom stereocenters. The van der Waals surface area contributed by atoms with Crippen molar-refractivity contribution in [3.63, 3.8) is 0 Å². The average Bonchev–Trinajstić information content (AvgIpc) is 2.18. The highest BCUT2D eigenvalue weighted by Gasteiger charge is 2.21. The van der Waals surface area contributed by atoms with E-state index >= 15 is 0 Å². The molecule has 0 saturated heterocycles. The molecule has 1 rings (SSSR count). The summed E-state index contributed by atoms with van der Waals surface area (Å²) in [4.78, 5) is 11.4. The second-order valence-corrected chi connectivity index (χ2v) is 6.28. The van der Waals surface area contributed by atoms with Gasteiger partial charge in [-0.15, -0.1) is 0 Å². The number of nitrogens with one attached hydrogen (secondary N) is 1. The zero-order valence-electron chi connectivity index (χ0n) is 9.70. The molecular weight excluding hydrogens is 299 g/mol. The lowest BCUT2D eigenvalue weighted by molar-refractivity contribution is 0.0943. The highest BCUT2D eigenvalue weighted by atomic mass is 35.5. The highest BCUT2D eigenvalue weighted by Crippen LogP contribution is 2.28. The Kier molecular flexibility index (Phi) is 4.61. The van der Waals surface area contributed by atoms with Gasteiger partial charge in [0, 0.05) is 11.1 Å². The maximum absolute atomic E-state index is 11.8. The summed E-state index contributed by atoms with van der Waals surface area (Å²) in [6, 6.07) is 2.27. The average molecular weight is 311 g/mol. The van der Waals surface area contributed by atoms with E-state index in [1.165, 1.54) is 6.07 Å². The van der Waals surface area contributed by atoms with Crippen LogP contribution in [0.4, 0.5) is 0 Å². The van der Waals surface area contributed by atoms with Crippen molar-refractivity contribution in [2.75, 3.05) is 0 Å². The molecule has 1 aromatic rings. The van der Waals surface area contributed by atoms with Crippen LogP contribution < -0.4 is 10.5 Å². The summed E-state index contributed by atoms with van der Waals surface area (Å²) in [5, 5.41) is 7.41. The standard InChI is InChI=1S/C10H12Cl2N2O3S/c1-5(2)14-10(15)7-3-6(11)4-8(9(7)12)18(13,16)17/h3-5H,1-2H3,(H,14,15)(H2,13,16,17). The molecule has 0 spiro atoms. The van der Waals surface area contributed by atoms with Gasteiger partial charge in [0.05, 0.1) is 10.6 Å². The molecular formula is C10H12Cl2N2O3S. The first-order valence-corrected chi connectivity index (χ1v) is 7.26. The van der Waals surface area contributed by atoms with Gasteiger partial charge in [0.15, 0.2) is 0 Å². The quantitative estimate of drug-likeness (QED) is 0.891. The number of sulfonamides is 1. The number of amides is 1. The van der Waals surface area contributed by atoms with Crippen LogP contribution in [0, 0.1) is 0 Å². The van der Waals surface area contributed by atoms with Crippen LogP contribution in [0.2, 0.25) is 10.0 Å². The van der Waals surface area contributed by atoms with Crippen LogP contribution in [0.5, 0.6) is 0 Å². The van der Waals surface area contributed by atoms with Gasteiger partial charge in [-0.1, -0.05) is 23.2 Å². The zero-order chi connectivity index (χ0) is 14.1. The fourth-order valence-corrected chi connectivity index (χ4v) is 2.73. The lowest BCUT2D eigenvalue weighted by Gasteiger charge is -2.12. The van der Waals surface area contributed by atoms with E-state index in [0.717, 1.165) is 6.07 Å². The molecule has 1 aromatic carbocycles. The highest BCUT2D eigenvalue weighted by molar-refractivity contribution is 7.89. The maximum Gasteiger partial charge on any atom is 0.253 e. The van der Waals surface area contributed by atoms with E-state index in [2.05, 4.69) is 5.32 Å². The fourth-order valence-electron chi connectivity index (χ4n) is 1.28. The third-order valence-electron chi connectivity index (χ3n) is 1.97. The van der Waals surface area contributed by atoms with Crippen molar-refractivity contribution in [3.8, 4) is 0 Å². The summed E-state index contributed by atoms with van der Waals surface area (Å²) in [5.74, 6) is -0.512. The Hall–Kier alpha value is -0.820. The number of nitrogens with two attached hydrogens (primary N) is 1. The molecule has 5 nitrogen and oxygen atoms in total. The lowest BCUT2D eigenvalue weighted by atomic mass is 10.2. The fraction of sp³-hybridized carbons (Fsp3) is 0.300. The second kappa shape index (κ2) is 5.44. The Balaban J connectivity index is 3.39. The SMILES string of the molecule is CC(C)NC(=O)c1cc(Cl)cc(S(N)(=O)=O)c1Cl. The molecule has 0 aliphatic carbocycles. The van der Waals surface area contributed by atoms with Crippen LogP contribution in [-0.4, -0.2) is 20.4 Å². The first kappa shape index (κ1) is 15.2. The van der Waals surface area contributed by atoms with E-state index in [0.29, 0.717) is 0 Å².